The Hall–Kier alpha value is -2.69. The van der Waals surface area contributed by atoms with Crippen molar-refractivity contribution >= 4 is 5.91 Å². The van der Waals surface area contributed by atoms with E-state index in [-0.39, 0.29) is 12.0 Å². The van der Waals surface area contributed by atoms with E-state index in [1.54, 1.807) is 0 Å². The molecule has 0 aromatic heterocycles. The number of benzene rings is 2. The minimum Gasteiger partial charge on any atom is -0.486 e. The molecule has 3 rings (SSSR count). The largest absolute Gasteiger partial charge is 0.486 e. The first-order valence-electron chi connectivity index (χ1n) is 9.11. The maximum atomic E-state index is 12.5. The summed E-state index contributed by atoms with van der Waals surface area (Å²) in [5, 5.41) is 2.91. The second-order valence-electron chi connectivity index (χ2n) is 6.25. The molecule has 1 aliphatic heterocycles. The third-order valence-corrected chi connectivity index (χ3v) is 4.34. The molecule has 0 fully saturated rings. The summed E-state index contributed by atoms with van der Waals surface area (Å²) in [6.07, 6.45) is 0.825. The van der Waals surface area contributed by atoms with Gasteiger partial charge in [0.15, 0.2) is 17.6 Å². The van der Waals surface area contributed by atoms with E-state index in [0.717, 1.165) is 12.2 Å². The molecule has 0 unspecified atom stereocenters. The first kappa shape index (κ1) is 18.1. The van der Waals surface area contributed by atoms with Crippen LogP contribution >= 0.6 is 0 Å². The van der Waals surface area contributed by atoms with Crippen LogP contribution in [0.4, 0.5) is 0 Å². The standard InChI is InChI=1S/C21H25NO4/c1-3-15-9-11-16(12-10-15)25-18(4-2)21(23)22-13-17-14-24-19-7-5-6-8-20(19)26-17/h5-12,17-18H,3-4,13-14H2,1-2H3,(H,22,23)/t17-,18+/m0/s1. The van der Waals surface area contributed by atoms with Crippen LogP contribution < -0.4 is 19.5 Å². The Morgan fingerprint density at radius 1 is 1.15 bits per heavy atom. The first-order valence-corrected chi connectivity index (χ1v) is 9.11. The van der Waals surface area contributed by atoms with E-state index in [9.17, 15) is 4.79 Å². The molecule has 1 heterocycles. The second kappa shape index (κ2) is 8.61. The van der Waals surface area contributed by atoms with Crippen molar-refractivity contribution in [3.8, 4) is 17.2 Å². The van der Waals surface area contributed by atoms with Gasteiger partial charge in [0.2, 0.25) is 0 Å². The number of nitrogens with one attached hydrogen (secondary N) is 1. The molecule has 26 heavy (non-hydrogen) atoms. The Balaban J connectivity index is 1.51. The van der Waals surface area contributed by atoms with Crippen LogP contribution in [0.3, 0.4) is 0 Å². The Labute approximate surface area is 154 Å². The van der Waals surface area contributed by atoms with Crippen LogP contribution in [0, 0.1) is 0 Å². The zero-order valence-electron chi connectivity index (χ0n) is 15.2. The van der Waals surface area contributed by atoms with E-state index in [0.29, 0.717) is 31.1 Å². The summed E-state index contributed by atoms with van der Waals surface area (Å²) in [4.78, 5) is 12.5. The lowest BCUT2D eigenvalue weighted by atomic mass is 10.1. The molecule has 138 valence electrons. The van der Waals surface area contributed by atoms with Gasteiger partial charge < -0.3 is 19.5 Å². The SMILES string of the molecule is CCc1ccc(O[C@H](CC)C(=O)NC[C@H]2COc3ccccc3O2)cc1. The van der Waals surface area contributed by atoms with E-state index in [1.807, 2.05) is 55.5 Å². The van der Waals surface area contributed by atoms with Crippen LogP contribution in [0.15, 0.2) is 48.5 Å². The molecule has 0 saturated heterocycles. The molecule has 1 aliphatic rings. The number of carbonyl (C=O) groups excluding carboxylic acids is 1. The number of aryl methyl sites for hydroxylation is 1. The number of amides is 1. The topological polar surface area (TPSA) is 56.8 Å². The van der Waals surface area contributed by atoms with Gasteiger partial charge in [-0.05, 0) is 42.7 Å². The van der Waals surface area contributed by atoms with E-state index in [2.05, 4.69) is 12.2 Å². The predicted molar refractivity (Wildman–Crippen MR) is 99.9 cm³/mol. The maximum Gasteiger partial charge on any atom is 0.261 e. The second-order valence-corrected chi connectivity index (χ2v) is 6.25. The summed E-state index contributed by atoms with van der Waals surface area (Å²) in [7, 11) is 0. The van der Waals surface area contributed by atoms with E-state index >= 15 is 0 Å². The number of ether oxygens (including phenoxy) is 3. The summed E-state index contributed by atoms with van der Waals surface area (Å²) < 4.78 is 17.4. The summed E-state index contributed by atoms with van der Waals surface area (Å²) in [6.45, 7) is 4.82. The molecule has 2 aromatic rings. The van der Waals surface area contributed by atoms with Gasteiger partial charge in [-0.2, -0.15) is 0 Å². The van der Waals surface area contributed by atoms with Gasteiger partial charge >= 0.3 is 0 Å². The van der Waals surface area contributed by atoms with Gasteiger partial charge in [-0.15, -0.1) is 0 Å². The van der Waals surface area contributed by atoms with Crippen LogP contribution in [0.2, 0.25) is 0 Å². The minimum absolute atomic E-state index is 0.144. The third kappa shape index (κ3) is 4.48. The summed E-state index contributed by atoms with van der Waals surface area (Å²) in [5.74, 6) is 2.00. The van der Waals surface area contributed by atoms with Crippen molar-refractivity contribution in [3.05, 3.63) is 54.1 Å². The lowest BCUT2D eigenvalue weighted by Crippen LogP contribution is -2.45. The van der Waals surface area contributed by atoms with Crippen LogP contribution in [-0.4, -0.2) is 31.3 Å². The number of hydrogen-bond acceptors (Lipinski definition) is 4. The average molecular weight is 355 g/mol. The van der Waals surface area contributed by atoms with Crippen LogP contribution in [-0.2, 0) is 11.2 Å². The monoisotopic (exact) mass is 355 g/mol. The summed E-state index contributed by atoms with van der Waals surface area (Å²) >= 11 is 0. The van der Waals surface area contributed by atoms with Gasteiger partial charge in [-0.25, -0.2) is 0 Å². The van der Waals surface area contributed by atoms with Crippen molar-refractivity contribution in [2.24, 2.45) is 0 Å². The lowest BCUT2D eigenvalue weighted by Gasteiger charge is -2.27. The fraction of sp³-hybridized carbons (Fsp3) is 0.381. The molecule has 2 aromatic carbocycles. The van der Waals surface area contributed by atoms with Crippen molar-refractivity contribution in [1.82, 2.24) is 5.32 Å². The molecular weight excluding hydrogens is 330 g/mol. The maximum absolute atomic E-state index is 12.5. The molecular formula is C21H25NO4. The smallest absolute Gasteiger partial charge is 0.261 e. The van der Waals surface area contributed by atoms with E-state index in [4.69, 9.17) is 14.2 Å². The minimum atomic E-state index is -0.528. The molecule has 5 nitrogen and oxygen atoms in total. The number of carbonyl (C=O) groups is 1. The molecule has 0 spiro atoms. The highest BCUT2D eigenvalue weighted by Gasteiger charge is 2.24. The predicted octanol–water partition coefficient (Wildman–Crippen LogP) is 3.36. The summed E-state index contributed by atoms with van der Waals surface area (Å²) in [5.41, 5.74) is 1.24. The highest BCUT2D eigenvalue weighted by molar-refractivity contribution is 5.81. The number of para-hydroxylation sites is 2. The normalized spacial score (nSPS) is 16.6. The Kier molecular flexibility index (Phi) is 6.00. The molecule has 0 radical (unpaired) electrons. The molecule has 1 amide bonds. The highest BCUT2D eigenvalue weighted by Crippen LogP contribution is 2.30. The van der Waals surface area contributed by atoms with Gasteiger partial charge in [0.25, 0.3) is 5.91 Å². The van der Waals surface area contributed by atoms with Crippen molar-refractivity contribution in [2.45, 2.75) is 38.9 Å². The fourth-order valence-corrected chi connectivity index (χ4v) is 2.78. The van der Waals surface area contributed by atoms with Crippen molar-refractivity contribution in [3.63, 3.8) is 0 Å². The van der Waals surface area contributed by atoms with Crippen molar-refractivity contribution in [1.29, 1.82) is 0 Å². The number of fused-ring (bicyclic) bond motifs is 1. The summed E-state index contributed by atoms with van der Waals surface area (Å²) in [6, 6.07) is 15.4. The van der Waals surface area contributed by atoms with Crippen LogP contribution in [0.5, 0.6) is 17.2 Å². The first-order chi connectivity index (χ1) is 12.7. The zero-order chi connectivity index (χ0) is 18.4. The average Bonchev–Trinajstić information content (AvgIpc) is 2.70. The van der Waals surface area contributed by atoms with Gasteiger partial charge in [0.05, 0.1) is 6.54 Å². The van der Waals surface area contributed by atoms with Crippen LogP contribution in [0.25, 0.3) is 0 Å². The number of hydrogen-bond donors (Lipinski definition) is 1. The van der Waals surface area contributed by atoms with Crippen LogP contribution in [0.1, 0.15) is 25.8 Å². The van der Waals surface area contributed by atoms with Crippen molar-refractivity contribution < 1.29 is 19.0 Å². The Morgan fingerprint density at radius 3 is 2.58 bits per heavy atom. The molecule has 5 heteroatoms. The molecule has 0 bridgehead atoms. The lowest BCUT2D eigenvalue weighted by molar-refractivity contribution is -0.128. The quantitative estimate of drug-likeness (QED) is 0.827. The van der Waals surface area contributed by atoms with E-state index in [1.165, 1.54) is 5.56 Å². The van der Waals surface area contributed by atoms with Gasteiger partial charge in [-0.3, -0.25) is 4.79 Å². The Morgan fingerprint density at radius 2 is 1.88 bits per heavy atom. The fourth-order valence-electron chi connectivity index (χ4n) is 2.78. The molecule has 1 N–H and O–H groups in total. The Bertz CT molecular complexity index is 729. The highest BCUT2D eigenvalue weighted by atomic mass is 16.6. The molecule has 0 aliphatic carbocycles. The molecule has 0 saturated carbocycles. The number of rotatable bonds is 7. The van der Waals surface area contributed by atoms with Gasteiger partial charge in [0.1, 0.15) is 18.5 Å². The van der Waals surface area contributed by atoms with Crippen molar-refractivity contribution in [2.75, 3.05) is 13.2 Å². The van der Waals surface area contributed by atoms with E-state index < -0.39 is 6.10 Å². The third-order valence-electron chi connectivity index (χ3n) is 4.34. The van der Waals surface area contributed by atoms with Gasteiger partial charge in [0, 0.05) is 0 Å². The zero-order valence-corrected chi connectivity index (χ0v) is 15.2. The molecule has 2 atom stereocenters. The van der Waals surface area contributed by atoms with Gasteiger partial charge in [-0.1, -0.05) is 38.1 Å².